The molecule has 0 saturated heterocycles. The Kier molecular flexibility index (Phi) is 3.23. The second-order valence-electron chi connectivity index (χ2n) is 4.52. The summed E-state index contributed by atoms with van der Waals surface area (Å²) >= 11 is 1.62. The molecule has 5 heteroatoms. The number of thiophene rings is 1. The van der Waals surface area contributed by atoms with Crippen LogP contribution in [0.2, 0.25) is 0 Å². The van der Waals surface area contributed by atoms with Gasteiger partial charge in [-0.05, 0) is 46.2 Å². The molecule has 1 atom stereocenters. The van der Waals surface area contributed by atoms with Crippen LogP contribution in [0, 0.1) is 0 Å². The van der Waals surface area contributed by atoms with E-state index in [-0.39, 0.29) is 11.9 Å². The number of carbonyl (C=O) groups excluding carboxylic acids is 1. The van der Waals surface area contributed by atoms with E-state index in [2.05, 4.69) is 5.32 Å². The number of fused-ring (bicyclic) bond motifs is 1. The third-order valence-electron chi connectivity index (χ3n) is 3.10. The number of nitrogens with two attached hydrogens (primary N) is 1. The molecule has 0 aliphatic carbocycles. The average Bonchev–Trinajstić information content (AvgIpc) is 3.03. The quantitative estimate of drug-likeness (QED) is 0.899. The third-order valence-corrected chi connectivity index (χ3v) is 3.80. The van der Waals surface area contributed by atoms with Gasteiger partial charge in [-0.2, -0.15) is 11.3 Å². The van der Waals surface area contributed by atoms with Crippen LogP contribution in [0.25, 0.3) is 0 Å². The van der Waals surface area contributed by atoms with E-state index < -0.39 is 0 Å². The van der Waals surface area contributed by atoms with Gasteiger partial charge in [-0.1, -0.05) is 0 Å². The van der Waals surface area contributed by atoms with Gasteiger partial charge < -0.3 is 15.8 Å². The van der Waals surface area contributed by atoms with Crippen molar-refractivity contribution in [1.82, 2.24) is 0 Å². The zero-order valence-corrected chi connectivity index (χ0v) is 11.1. The van der Waals surface area contributed by atoms with E-state index in [0.29, 0.717) is 13.0 Å². The number of anilines is 1. The van der Waals surface area contributed by atoms with Crippen LogP contribution in [0.4, 0.5) is 5.69 Å². The van der Waals surface area contributed by atoms with Crippen LogP contribution in [0.15, 0.2) is 35.0 Å². The molecule has 3 N–H and O–H groups in total. The zero-order valence-electron chi connectivity index (χ0n) is 10.3. The molecule has 2 heterocycles. The first-order valence-electron chi connectivity index (χ1n) is 6.05. The molecule has 98 valence electrons. The van der Waals surface area contributed by atoms with E-state index >= 15 is 0 Å². The molecular formula is C14H14N2O2S. The molecule has 0 unspecified atom stereocenters. The normalized spacial score (nSPS) is 14.9. The molecule has 1 aromatic heterocycles. The summed E-state index contributed by atoms with van der Waals surface area (Å²) in [6, 6.07) is 7.49. The van der Waals surface area contributed by atoms with E-state index in [0.717, 1.165) is 22.6 Å². The first-order valence-corrected chi connectivity index (χ1v) is 7.00. The highest BCUT2D eigenvalue weighted by molar-refractivity contribution is 7.07. The molecule has 0 saturated carbocycles. The largest absolute Gasteiger partial charge is 0.492 e. The Morgan fingerprint density at radius 2 is 2.32 bits per heavy atom. The van der Waals surface area contributed by atoms with Gasteiger partial charge in [0.15, 0.2) is 0 Å². The molecule has 2 aromatic rings. The minimum Gasteiger partial charge on any atom is -0.492 e. The van der Waals surface area contributed by atoms with Crippen molar-refractivity contribution in [2.75, 3.05) is 11.9 Å². The van der Waals surface area contributed by atoms with Crippen LogP contribution in [-0.2, 0) is 11.2 Å². The van der Waals surface area contributed by atoms with E-state index in [1.54, 1.807) is 11.3 Å². The molecular weight excluding hydrogens is 260 g/mol. The van der Waals surface area contributed by atoms with Crippen LogP contribution >= 0.6 is 11.3 Å². The van der Waals surface area contributed by atoms with Crippen molar-refractivity contribution < 1.29 is 9.53 Å². The van der Waals surface area contributed by atoms with Crippen molar-refractivity contribution in [3.05, 3.63) is 46.2 Å². The average molecular weight is 274 g/mol. The highest BCUT2D eigenvalue weighted by Crippen LogP contribution is 2.27. The molecule has 0 fully saturated rings. The van der Waals surface area contributed by atoms with Gasteiger partial charge in [0, 0.05) is 5.69 Å². The topological polar surface area (TPSA) is 64.3 Å². The summed E-state index contributed by atoms with van der Waals surface area (Å²) in [7, 11) is 0. The van der Waals surface area contributed by atoms with Crippen LogP contribution in [0.1, 0.15) is 17.2 Å². The lowest BCUT2D eigenvalue weighted by Crippen LogP contribution is -2.18. The third kappa shape index (κ3) is 2.62. The van der Waals surface area contributed by atoms with Gasteiger partial charge in [0.05, 0.1) is 12.5 Å². The van der Waals surface area contributed by atoms with Crippen molar-refractivity contribution in [3.63, 3.8) is 0 Å². The Morgan fingerprint density at radius 1 is 1.42 bits per heavy atom. The summed E-state index contributed by atoms with van der Waals surface area (Å²) in [5.74, 6) is 0.781. The standard InChI is InChI=1S/C14H14N2O2S/c15-12(9-3-4-19-8-9)7-18-11-1-2-13-10(5-11)6-14(17)16-13/h1-5,8,12H,6-7,15H2,(H,16,17)/t12-/m0/s1. The van der Waals surface area contributed by atoms with E-state index in [4.69, 9.17) is 10.5 Å². The number of hydrogen-bond acceptors (Lipinski definition) is 4. The number of nitrogens with one attached hydrogen (secondary N) is 1. The van der Waals surface area contributed by atoms with Gasteiger partial charge in [0.25, 0.3) is 0 Å². The van der Waals surface area contributed by atoms with Crippen LogP contribution in [-0.4, -0.2) is 12.5 Å². The minimum atomic E-state index is -0.126. The maximum atomic E-state index is 11.3. The SMILES string of the molecule is N[C@@H](COc1ccc2c(c1)CC(=O)N2)c1ccsc1. The summed E-state index contributed by atoms with van der Waals surface area (Å²) < 4.78 is 5.69. The van der Waals surface area contributed by atoms with Gasteiger partial charge in [0.2, 0.25) is 5.91 Å². The van der Waals surface area contributed by atoms with Gasteiger partial charge in [-0.25, -0.2) is 0 Å². The van der Waals surface area contributed by atoms with Crippen molar-refractivity contribution in [2.45, 2.75) is 12.5 Å². The monoisotopic (exact) mass is 274 g/mol. The predicted octanol–water partition coefficient (Wildman–Crippen LogP) is 2.32. The fourth-order valence-corrected chi connectivity index (χ4v) is 2.79. The number of benzene rings is 1. The molecule has 3 rings (SSSR count). The highest BCUT2D eigenvalue weighted by atomic mass is 32.1. The number of hydrogen-bond donors (Lipinski definition) is 2. The molecule has 19 heavy (non-hydrogen) atoms. The molecule has 1 amide bonds. The first-order chi connectivity index (χ1) is 9.22. The molecule has 1 aliphatic heterocycles. The number of ether oxygens (including phenoxy) is 1. The highest BCUT2D eigenvalue weighted by Gasteiger charge is 2.18. The lowest BCUT2D eigenvalue weighted by Gasteiger charge is -2.12. The Labute approximate surface area is 115 Å². The minimum absolute atomic E-state index is 0.0297. The number of rotatable bonds is 4. The fourth-order valence-electron chi connectivity index (χ4n) is 2.06. The summed E-state index contributed by atoms with van der Waals surface area (Å²) in [4.78, 5) is 11.3. The van der Waals surface area contributed by atoms with Gasteiger partial charge in [0.1, 0.15) is 12.4 Å². The Hall–Kier alpha value is -1.85. The van der Waals surface area contributed by atoms with Gasteiger partial charge in [-0.15, -0.1) is 0 Å². The molecule has 0 bridgehead atoms. The second kappa shape index (κ2) is 5.03. The maximum absolute atomic E-state index is 11.3. The first kappa shape index (κ1) is 12.2. The fraction of sp³-hybridized carbons (Fsp3) is 0.214. The molecule has 0 spiro atoms. The smallest absolute Gasteiger partial charge is 0.228 e. The van der Waals surface area contributed by atoms with Crippen molar-refractivity contribution in [3.8, 4) is 5.75 Å². The Morgan fingerprint density at radius 3 is 3.11 bits per heavy atom. The Bertz CT molecular complexity index is 595. The number of carbonyl (C=O) groups is 1. The summed E-state index contributed by atoms with van der Waals surface area (Å²) in [5.41, 5.74) is 8.98. The van der Waals surface area contributed by atoms with Gasteiger partial charge in [-0.3, -0.25) is 4.79 Å². The molecule has 0 radical (unpaired) electrons. The van der Waals surface area contributed by atoms with Crippen LogP contribution < -0.4 is 15.8 Å². The molecule has 4 nitrogen and oxygen atoms in total. The zero-order chi connectivity index (χ0) is 13.2. The van der Waals surface area contributed by atoms with E-state index in [1.807, 2.05) is 35.0 Å². The predicted molar refractivity (Wildman–Crippen MR) is 75.5 cm³/mol. The van der Waals surface area contributed by atoms with Crippen LogP contribution in [0.5, 0.6) is 5.75 Å². The number of amides is 1. The van der Waals surface area contributed by atoms with Crippen LogP contribution in [0.3, 0.4) is 0 Å². The van der Waals surface area contributed by atoms with Gasteiger partial charge >= 0.3 is 0 Å². The summed E-state index contributed by atoms with van der Waals surface area (Å²) in [6.07, 6.45) is 0.420. The molecule has 1 aromatic carbocycles. The van der Waals surface area contributed by atoms with Crippen molar-refractivity contribution >= 4 is 22.9 Å². The summed E-state index contributed by atoms with van der Waals surface area (Å²) in [6.45, 7) is 0.427. The summed E-state index contributed by atoms with van der Waals surface area (Å²) in [5, 5.41) is 6.82. The molecule has 1 aliphatic rings. The lowest BCUT2D eigenvalue weighted by molar-refractivity contribution is -0.115. The lowest BCUT2D eigenvalue weighted by atomic mass is 10.1. The van der Waals surface area contributed by atoms with E-state index in [1.165, 1.54) is 0 Å². The Balaban J connectivity index is 1.65. The van der Waals surface area contributed by atoms with Crippen molar-refractivity contribution in [1.29, 1.82) is 0 Å². The van der Waals surface area contributed by atoms with E-state index in [9.17, 15) is 4.79 Å². The maximum Gasteiger partial charge on any atom is 0.228 e. The second-order valence-corrected chi connectivity index (χ2v) is 5.30. The van der Waals surface area contributed by atoms with Crippen molar-refractivity contribution in [2.24, 2.45) is 5.73 Å².